The molecule has 0 aromatic rings. The minimum absolute atomic E-state index is 0.0378. The van der Waals surface area contributed by atoms with E-state index < -0.39 is 103 Å². The van der Waals surface area contributed by atoms with Gasteiger partial charge in [-0.15, -0.1) is 0 Å². The highest BCUT2D eigenvalue weighted by Gasteiger charge is 2.32. The molecule has 41 heavy (non-hydrogen) atoms. The normalized spacial score (nSPS) is 14.5. The molecule has 5 atom stereocenters. The van der Waals surface area contributed by atoms with Crippen LogP contribution in [0.5, 0.6) is 0 Å². The van der Waals surface area contributed by atoms with Gasteiger partial charge in [-0.1, -0.05) is 13.8 Å². The summed E-state index contributed by atoms with van der Waals surface area (Å²) in [6.07, 6.45) is -1.88. The Morgan fingerprint density at radius 3 is 1.54 bits per heavy atom. The maximum absolute atomic E-state index is 13.0. The second-order valence-electron chi connectivity index (χ2n) is 9.68. The van der Waals surface area contributed by atoms with Crippen molar-refractivity contribution >= 4 is 47.3 Å². The molecule has 0 saturated carbocycles. The molecule has 0 aromatic heterocycles. The number of primary amides is 3. The van der Waals surface area contributed by atoms with Gasteiger partial charge in [0, 0.05) is 12.8 Å². The smallest absolute Gasteiger partial charge is 0.326 e. The van der Waals surface area contributed by atoms with Crippen molar-refractivity contribution in [3.05, 3.63) is 0 Å². The van der Waals surface area contributed by atoms with E-state index in [1.54, 1.807) is 13.8 Å². The van der Waals surface area contributed by atoms with Crippen LogP contribution in [0.1, 0.15) is 52.4 Å². The molecule has 0 fully saturated rings. The van der Waals surface area contributed by atoms with Gasteiger partial charge in [0.1, 0.15) is 24.2 Å². The largest absolute Gasteiger partial charge is 0.480 e. The van der Waals surface area contributed by atoms with E-state index in [-0.39, 0.29) is 25.2 Å². The van der Waals surface area contributed by atoms with Gasteiger partial charge >= 0.3 is 5.97 Å². The Balaban J connectivity index is 5.74. The lowest BCUT2D eigenvalue weighted by molar-refractivity contribution is -0.143. The van der Waals surface area contributed by atoms with Crippen molar-refractivity contribution in [1.29, 1.82) is 0 Å². The number of aliphatic carboxylic acids is 1. The van der Waals surface area contributed by atoms with Crippen LogP contribution >= 0.6 is 0 Å². The van der Waals surface area contributed by atoms with E-state index in [1.807, 2.05) is 0 Å². The van der Waals surface area contributed by atoms with Gasteiger partial charge in [0.2, 0.25) is 41.4 Å². The fourth-order valence-electron chi connectivity index (χ4n) is 3.38. The molecule has 0 heterocycles. The van der Waals surface area contributed by atoms with E-state index in [2.05, 4.69) is 21.3 Å². The summed E-state index contributed by atoms with van der Waals surface area (Å²) in [4.78, 5) is 96.1. The lowest BCUT2D eigenvalue weighted by atomic mass is 10.0. The standard InChI is InChI=1S/C23H40N8O10/c1-10(2)7-14(23(40)41)30-21(38)13(8-18(27)35)29-20(37)12(4-6-17(26)34)28-22(39)15(9-32)31-19(36)11(24)3-5-16(25)33/h10-15,32H,3-9,24H2,1-2H3,(H2,25,33)(H2,26,34)(H2,27,35)(H,28,39)(H,29,37)(H,30,38)(H,31,36)(H,40,41)/t11-,12-,13-,14-,15-/m0/s1. The third-order valence-corrected chi connectivity index (χ3v) is 5.53. The summed E-state index contributed by atoms with van der Waals surface area (Å²) >= 11 is 0. The number of carboxylic acid groups (broad SMARTS) is 1. The first-order valence-electron chi connectivity index (χ1n) is 12.6. The molecular weight excluding hydrogens is 548 g/mol. The Morgan fingerprint density at radius 1 is 0.634 bits per heavy atom. The van der Waals surface area contributed by atoms with Gasteiger partial charge in [0.15, 0.2) is 0 Å². The summed E-state index contributed by atoms with van der Waals surface area (Å²) in [5.74, 6) is -8.20. The fourth-order valence-corrected chi connectivity index (χ4v) is 3.38. The number of hydrogen-bond acceptors (Lipinski definition) is 10. The number of nitrogens with two attached hydrogens (primary N) is 4. The molecule has 0 radical (unpaired) electrons. The SMILES string of the molecule is CC(C)C[C@H](NC(=O)[C@H](CC(N)=O)NC(=O)[C@H](CCC(N)=O)NC(=O)[C@H](CO)NC(=O)[C@@H](N)CCC(N)=O)C(=O)O. The zero-order valence-electron chi connectivity index (χ0n) is 22.9. The number of amides is 7. The van der Waals surface area contributed by atoms with Gasteiger partial charge in [-0.25, -0.2) is 4.79 Å². The number of carbonyl (C=O) groups is 8. The molecule has 0 unspecified atom stereocenters. The molecule has 0 bridgehead atoms. The highest BCUT2D eigenvalue weighted by Crippen LogP contribution is 2.07. The average molecular weight is 589 g/mol. The fraction of sp³-hybridized carbons (Fsp3) is 0.652. The third kappa shape index (κ3) is 15.2. The molecule has 0 aliphatic heterocycles. The van der Waals surface area contributed by atoms with Gasteiger partial charge in [0.05, 0.1) is 19.1 Å². The number of nitrogens with one attached hydrogen (secondary N) is 4. The predicted molar refractivity (Wildman–Crippen MR) is 141 cm³/mol. The minimum atomic E-state index is -1.65. The summed E-state index contributed by atoms with van der Waals surface area (Å²) in [7, 11) is 0. The highest BCUT2D eigenvalue weighted by atomic mass is 16.4. The van der Waals surface area contributed by atoms with Gasteiger partial charge in [-0.05, 0) is 25.2 Å². The van der Waals surface area contributed by atoms with Crippen LogP contribution in [0.3, 0.4) is 0 Å². The van der Waals surface area contributed by atoms with Gasteiger partial charge in [-0.2, -0.15) is 0 Å². The molecule has 0 saturated heterocycles. The van der Waals surface area contributed by atoms with E-state index in [0.717, 1.165) is 0 Å². The van der Waals surface area contributed by atoms with Crippen LogP contribution in [-0.4, -0.2) is 94.3 Å². The third-order valence-electron chi connectivity index (χ3n) is 5.53. The molecule has 0 aliphatic carbocycles. The van der Waals surface area contributed by atoms with Crippen molar-refractivity contribution in [2.45, 2.75) is 82.6 Å². The molecule has 14 N–H and O–H groups in total. The minimum Gasteiger partial charge on any atom is -0.480 e. The monoisotopic (exact) mass is 588 g/mol. The van der Waals surface area contributed by atoms with Crippen molar-refractivity contribution < 1.29 is 48.6 Å². The van der Waals surface area contributed by atoms with E-state index in [4.69, 9.17) is 22.9 Å². The molecule has 0 aromatic carbocycles. The van der Waals surface area contributed by atoms with Gasteiger partial charge in [-0.3, -0.25) is 33.6 Å². The Morgan fingerprint density at radius 2 is 1.07 bits per heavy atom. The maximum atomic E-state index is 13.0. The number of carbonyl (C=O) groups excluding carboxylic acids is 7. The second-order valence-corrected chi connectivity index (χ2v) is 9.68. The molecular formula is C23H40N8O10. The lowest BCUT2D eigenvalue weighted by Gasteiger charge is -2.25. The highest BCUT2D eigenvalue weighted by molar-refractivity contribution is 5.97. The number of aliphatic hydroxyl groups is 1. The quantitative estimate of drug-likeness (QED) is 0.0640. The van der Waals surface area contributed by atoms with Crippen LogP contribution in [0, 0.1) is 5.92 Å². The van der Waals surface area contributed by atoms with Crippen LogP contribution in [0.25, 0.3) is 0 Å². The number of aliphatic hydroxyl groups excluding tert-OH is 1. The molecule has 232 valence electrons. The van der Waals surface area contributed by atoms with Gasteiger partial charge < -0.3 is 54.4 Å². The van der Waals surface area contributed by atoms with Crippen molar-refractivity contribution in [3.63, 3.8) is 0 Å². The van der Waals surface area contributed by atoms with Crippen molar-refractivity contribution in [2.75, 3.05) is 6.61 Å². The Kier molecular flexibility index (Phi) is 16.2. The molecule has 18 heteroatoms. The molecule has 7 amide bonds. The second kappa shape index (κ2) is 18.1. The topological polar surface area (TPSA) is 329 Å². The summed E-state index contributed by atoms with van der Waals surface area (Å²) in [6, 6.07) is -7.44. The molecule has 0 spiro atoms. The first-order valence-corrected chi connectivity index (χ1v) is 12.6. The van der Waals surface area contributed by atoms with E-state index >= 15 is 0 Å². The number of rotatable bonds is 20. The van der Waals surface area contributed by atoms with Crippen LogP contribution in [0.2, 0.25) is 0 Å². The van der Waals surface area contributed by atoms with Crippen LogP contribution in [0.4, 0.5) is 0 Å². The van der Waals surface area contributed by atoms with E-state index in [9.17, 15) is 48.6 Å². The van der Waals surface area contributed by atoms with Crippen molar-refractivity contribution in [3.8, 4) is 0 Å². The molecule has 0 aliphatic rings. The Bertz CT molecular complexity index is 989. The zero-order valence-corrected chi connectivity index (χ0v) is 22.9. The Hall–Kier alpha value is -4.32. The van der Waals surface area contributed by atoms with E-state index in [1.165, 1.54) is 0 Å². The van der Waals surface area contributed by atoms with Crippen molar-refractivity contribution in [1.82, 2.24) is 21.3 Å². The molecule has 0 rings (SSSR count). The zero-order chi connectivity index (χ0) is 31.9. The van der Waals surface area contributed by atoms with Crippen LogP contribution in [-0.2, 0) is 38.4 Å². The van der Waals surface area contributed by atoms with Crippen molar-refractivity contribution in [2.24, 2.45) is 28.9 Å². The van der Waals surface area contributed by atoms with Gasteiger partial charge in [0.25, 0.3) is 0 Å². The maximum Gasteiger partial charge on any atom is 0.326 e. The summed E-state index contributed by atoms with van der Waals surface area (Å²) in [6.45, 7) is 2.49. The first-order chi connectivity index (χ1) is 19.0. The summed E-state index contributed by atoms with van der Waals surface area (Å²) < 4.78 is 0. The lowest BCUT2D eigenvalue weighted by Crippen LogP contribution is -2.59. The number of carboxylic acids is 1. The van der Waals surface area contributed by atoms with E-state index in [0.29, 0.717) is 0 Å². The van der Waals surface area contributed by atoms with Crippen LogP contribution < -0.4 is 44.2 Å². The molecule has 18 nitrogen and oxygen atoms in total. The summed E-state index contributed by atoms with van der Waals surface area (Å²) in [5.41, 5.74) is 21.0. The number of hydrogen-bond donors (Lipinski definition) is 10. The first kappa shape index (κ1) is 36.7. The average Bonchev–Trinajstić information content (AvgIpc) is 2.85. The predicted octanol–water partition coefficient (Wildman–Crippen LogP) is -5.22. The van der Waals surface area contributed by atoms with Crippen LogP contribution in [0.15, 0.2) is 0 Å². The Labute approximate surface area is 235 Å². The summed E-state index contributed by atoms with van der Waals surface area (Å²) in [5, 5.41) is 27.8.